The number of nitrogens with one attached hydrogen (secondary N) is 1. The summed E-state index contributed by atoms with van der Waals surface area (Å²) in [6.07, 6.45) is 2.45. The molecule has 1 aromatic carbocycles. The number of rotatable bonds is 6. The van der Waals surface area contributed by atoms with Crippen molar-refractivity contribution in [3.63, 3.8) is 0 Å². The Hall–Kier alpha value is -2.63. The van der Waals surface area contributed by atoms with E-state index in [-0.39, 0.29) is 30.2 Å². The first-order valence-corrected chi connectivity index (χ1v) is 9.43. The molecule has 0 bridgehead atoms. The molecule has 0 aromatic heterocycles. The summed E-state index contributed by atoms with van der Waals surface area (Å²) in [5.74, 6) is -0.801. The van der Waals surface area contributed by atoms with Gasteiger partial charge in [-0.25, -0.2) is 0 Å². The fraction of sp³-hybridized carbons (Fsp3) is 0.476. The van der Waals surface area contributed by atoms with Gasteiger partial charge in [-0.15, -0.1) is 0 Å². The van der Waals surface area contributed by atoms with Gasteiger partial charge in [0.15, 0.2) is 0 Å². The first kappa shape index (κ1) is 19.1. The third kappa shape index (κ3) is 4.56. The van der Waals surface area contributed by atoms with Crippen molar-refractivity contribution >= 4 is 17.7 Å². The zero-order valence-electron chi connectivity index (χ0n) is 16.2. The van der Waals surface area contributed by atoms with Gasteiger partial charge in [0.2, 0.25) is 11.8 Å². The smallest absolute Gasteiger partial charge is 0.251 e. The maximum absolute atomic E-state index is 13.1. The molecule has 1 heterocycles. The number of hydrogen-bond acceptors (Lipinski definition) is 3. The van der Waals surface area contributed by atoms with E-state index in [9.17, 15) is 14.4 Å². The molecule has 3 amide bonds. The summed E-state index contributed by atoms with van der Waals surface area (Å²) in [5, 5.41) is 2.94. The molecule has 1 aromatic rings. The molecule has 0 radical (unpaired) electrons. The second-order valence-electron chi connectivity index (χ2n) is 7.62. The zero-order valence-corrected chi connectivity index (χ0v) is 16.2. The van der Waals surface area contributed by atoms with Crippen LogP contribution >= 0.6 is 0 Å². The predicted molar refractivity (Wildman–Crippen MR) is 102 cm³/mol. The van der Waals surface area contributed by atoms with Crippen LogP contribution in [0.5, 0.6) is 0 Å². The largest absolute Gasteiger partial charge is 0.353 e. The Bertz CT molecular complexity index is 766. The molecule has 3 rings (SSSR count). The molecule has 1 fully saturated rings. The molecular weight excluding hydrogens is 342 g/mol. The lowest BCUT2D eigenvalue weighted by atomic mass is 9.88. The first-order chi connectivity index (χ1) is 12.9. The molecule has 1 aliphatic heterocycles. The minimum atomic E-state index is -0.505. The molecule has 6 nitrogen and oxygen atoms in total. The van der Waals surface area contributed by atoms with Crippen LogP contribution in [0.3, 0.4) is 0 Å². The molecule has 1 unspecified atom stereocenters. The summed E-state index contributed by atoms with van der Waals surface area (Å²) in [6, 6.07) is 9.95. The standard InChI is InChI=1S/C21H27N3O3/c1-14-18(21(27)23(2)3)11-16(12-19(25)22-17-9-10-17)20(26)24(14)13-15-7-5-4-6-8-15/h4-8,16-17H,9-13H2,1-3H3,(H,22,25). The van der Waals surface area contributed by atoms with Crippen molar-refractivity contribution in [2.45, 2.75) is 45.2 Å². The van der Waals surface area contributed by atoms with E-state index in [1.54, 1.807) is 19.0 Å². The lowest BCUT2D eigenvalue weighted by Crippen LogP contribution is -2.43. The number of carbonyl (C=O) groups excluding carboxylic acids is 3. The fourth-order valence-electron chi connectivity index (χ4n) is 3.40. The third-order valence-corrected chi connectivity index (χ3v) is 5.13. The van der Waals surface area contributed by atoms with Gasteiger partial charge >= 0.3 is 0 Å². The van der Waals surface area contributed by atoms with Crippen molar-refractivity contribution in [3.05, 3.63) is 47.2 Å². The van der Waals surface area contributed by atoms with Crippen molar-refractivity contribution < 1.29 is 14.4 Å². The molecule has 27 heavy (non-hydrogen) atoms. The Kier molecular flexibility index (Phi) is 5.63. The van der Waals surface area contributed by atoms with Crippen molar-refractivity contribution in [1.29, 1.82) is 0 Å². The summed E-state index contributed by atoms with van der Waals surface area (Å²) in [6.45, 7) is 2.22. The Balaban J connectivity index is 1.85. The summed E-state index contributed by atoms with van der Waals surface area (Å²) in [7, 11) is 3.41. The molecule has 1 N–H and O–H groups in total. The molecular formula is C21H27N3O3. The number of carbonyl (C=O) groups is 3. The highest BCUT2D eigenvalue weighted by Crippen LogP contribution is 2.32. The van der Waals surface area contributed by atoms with E-state index in [4.69, 9.17) is 0 Å². The van der Waals surface area contributed by atoms with E-state index in [0.29, 0.717) is 24.2 Å². The van der Waals surface area contributed by atoms with Crippen LogP contribution in [0.2, 0.25) is 0 Å². The average Bonchev–Trinajstić information content (AvgIpc) is 3.45. The van der Waals surface area contributed by atoms with Crippen LogP contribution in [-0.2, 0) is 20.9 Å². The highest BCUT2D eigenvalue weighted by atomic mass is 16.2. The van der Waals surface area contributed by atoms with Crippen LogP contribution in [0.15, 0.2) is 41.6 Å². The van der Waals surface area contributed by atoms with E-state index >= 15 is 0 Å². The van der Waals surface area contributed by atoms with Gasteiger partial charge in [-0.05, 0) is 31.7 Å². The van der Waals surface area contributed by atoms with Crippen LogP contribution in [0, 0.1) is 5.92 Å². The van der Waals surface area contributed by atoms with Gasteiger partial charge in [0.05, 0.1) is 12.5 Å². The number of nitrogens with zero attached hydrogens (tertiary/aromatic N) is 2. The number of benzene rings is 1. The normalized spacial score (nSPS) is 19.9. The lowest BCUT2D eigenvalue weighted by molar-refractivity contribution is -0.139. The summed E-state index contributed by atoms with van der Waals surface area (Å²) < 4.78 is 0. The SMILES string of the molecule is CC1=C(C(=O)N(C)C)CC(CC(=O)NC2CC2)C(=O)N1Cc1ccccc1. The predicted octanol–water partition coefficient (Wildman–Crippen LogP) is 2.07. The fourth-order valence-corrected chi connectivity index (χ4v) is 3.40. The van der Waals surface area contributed by atoms with Crippen molar-refractivity contribution in [3.8, 4) is 0 Å². The minimum Gasteiger partial charge on any atom is -0.353 e. The summed E-state index contributed by atoms with van der Waals surface area (Å²) in [4.78, 5) is 41.2. The molecule has 6 heteroatoms. The summed E-state index contributed by atoms with van der Waals surface area (Å²) in [5.41, 5.74) is 2.28. The lowest BCUT2D eigenvalue weighted by Gasteiger charge is -2.35. The Morgan fingerprint density at radius 3 is 2.44 bits per heavy atom. The van der Waals surface area contributed by atoms with Gasteiger partial charge < -0.3 is 15.1 Å². The van der Waals surface area contributed by atoms with Crippen LogP contribution in [0.4, 0.5) is 0 Å². The monoisotopic (exact) mass is 369 g/mol. The highest BCUT2D eigenvalue weighted by Gasteiger charge is 2.37. The molecule has 2 aliphatic rings. The summed E-state index contributed by atoms with van der Waals surface area (Å²) >= 11 is 0. The van der Waals surface area contributed by atoms with Crippen molar-refractivity contribution in [2.75, 3.05) is 14.1 Å². The van der Waals surface area contributed by atoms with Gasteiger partial charge in [-0.3, -0.25) is 14.4 Å². The Labute approximate surface area is 160 Å². The second-order valence-corrected chi connectivity index (χ2v) is 7.62. The zero-order chi connectivity index (χ0) is 19.6. The maximum Gasteiger partial charge on any atom is 0.251 e. The Morgan fingerprint density at radius 1 is 1.19 bits per heavy atom. The highest BCUT2D eigenvalue weighted by molar-refractivity contribution is 5.98. The van der Waals surface area contributed by atoms with Crippen LogP contribution in [0.25, 0.3) is 0 Å². The molecule has 0 saturated heterocycles. The van der Waals surface area contributed by atoms with Gasteiger partial charge in [0.25, 0.3) is 5.91 Å². The van der Waals surface area contributed by atoms with Gasteiger partial charge in [0.1, 0.15) is 0 Å². The van der Waals surface area contributed by atoms with E-state index in [2.05, 4.69) is 5.32 Å². The molecule has 0 spiro atoms. The van der Waals surface area contributed by atoms with E-state index < -0.39 is 5.92 Å². The maximum atomic E-state index is 13.1. The van der Waals surface area contributed by atoms with Gasteiger partial charge in [-0.2, -0.15) is 0 Å². The van der Waals surface area contributed by atoms with Crippen molar-refractivity contribution in [2.24, 2.45) is 5.92 Å². The van der Waals surface area contributed by atoms with Gasteiger partial charge in [-0.1, -0.05) is 30.3 Å². The van der Waals surface area contributed by atoms with Crippen LogP contribution in [-0.4, -0.2) is 47.7 Å². The third-order valence-electron chi connectivity index (χ3n) is 5.13. The van der Waals surface area contributed by atoms with Crippen molar-refractivity contribution in [1.82, 2.24) is 15.1 Å². The van der Waals surface area contributed by atoms with Crippen LogP contribution < -0.4 is 5.32 Å². The van der Waals surface area contributed by atoms with E-state index in [0.717, 1.165) is 18.4 Å². The topological polar surface area (TPSA) is 69.7 Å². The molecule has 144 valence electrons. The molecule has 1 atom stereocenters. The van der Waals surface area contributed by atoms with E-state index in [1.807, 2.05) is 37.3 Å². The van der Waals surface area contributed by atoms with Crippen LogP contribution in [0.1, 0.15) is 38.2 Å². The minimum absolute atomic E-state index is 0.0855. The average molecular weight is 369 g/mol. The quantitative estimate of drug-likeness (QED) is 0.835. The Morgan fingerprint density at radius 2 is 1.85 bits per heavy atom. The number of amides is 3. The number of hydrogen-bond donors (Lipinski definition) is 1. The second kappa shape index (κ2) is 7.94. The first-order valence-electron chi connectivity index (χ1n) is 9.43. The number of likely N-dealkylation sites (N-methyl/N-ethyl adjacent to an activating group) is 1. The van der Waals surface area contributed by atoms with E-state index in [1.165, 1.54) is 4.90 Å². The molecule has 1 aliphatic carbocycles. The number of allylic oxidation sites excluding steroid dienone is 1. The molecule has 1 saturated carbocycles. The van der Waals surface area contributed by atoms with Gasteiger partial charge in [0, 0.05) is 37.8 Å².